The number of fused-ring (bicyclic) bond motifs is 2. The Morgan fingerprint density at radius 3 is 2.36 bits per heavy atom. The van der Waals surface area contributed by atoms with Crippen molar-refractivity contribution < 1.29 is 19.6 Å². The Morgan fingerprint density at radius 1 is 1.09 bits per heavy atom. The van der Waals surface area contributed by atoms with Gasteiger partial charge < -0.3 is 25.0 Å². The number of carbonyl (C=O) groups excluding carboxylic acids is 1. The number of allylic oxidation sites excluding steroid dienone is 4. The molecule has 2 atom stereocenters. The molecule has 1 fully saturated rings. The van der Waals surface area contributed by atoms with E-state index in [-0.39, 0.29) is 11.3 Å². The van der Waals surface area contributed by atoms with E-state index in [1.165, 1.54) is 42.6 Å². The maximum absolute atomic E-state index is 11.6. The van der Waals surface area contributed by atoms with Crippen molar-refractivity contribution >= 4 is 24.4 Å². The third-order valence-corrected chi connectivity index (χ3v) is 9.45. The summed E-state index contributed by atoms with van der Waals surface area (Å²) in [5, 5.41) is 22.2. The predicted octanol–water partition coefficient (Wildman–Crippen LogP) is 6.54. The van der Waals surface area contributed by atoms with Crippen LogP contribution in [-0.4, -0.2) is 62.1 Å². The first-order valence-electron chi connectivity index (χ1n) is 17.0. The van der Waals surface area contributed by atoms with Gasteiger partial charge in [0.05, 0.1) is 6.61 Å². The van der Waals surface area contributed by atoms with Gasteiger partial charge in [-0.3, -0.25) is 4.79 Å². The second-order valence-electron chi connectivity index (χ2n) is 12.6. The number of piperidine rings is 1. The van der Waals surface area contributed by atoms with Gasteiger partial charge in [-0.15, -0.1) is 0 Å². The molecule has 45 heavy (non-hydrogen) atoms. The lowest BCUT2D eigenvalue weighted by molar-refractivity contribution is -0.105. The van der Waals surface area contributed by atoms with Crippen LogP contribution in [0.2, 0.25) is 0 Å². The molecule has 0 bridgehead atoms. The van der Waals surface area contributed by atoms with Gasteiger partial charge in [0.15, 0.2) is 0 Å². The van der Waals surface area contributed by atoms with Gasteiger partial charge in [-0.05, 0) is 112 Å². The first kappa shape index (κ1) is 38.5. The molecule has 0 aromatic heterocycles. The molecule has 2 aliphatic heterocycles. The summed E-state index contributed by atoms with van der Waals surface area (Å²) in [6.07, 6.45) is 8.43. The number of hydrogen-bond donors (Lipinski definition) is 3. The van der Waals surface area contributed by atoms with Crippen molar-refractivity contribution in [2.75, 3.05) is 33.8 Å². The number of benzene rings is 2. The number of likely N-dealkylation sites (tertiary alicyclic amines) is 1. The largest absolute Gasteiger partial charge is 0.492 e. The third-order valence-electron chi connectivity index (χ3n) is 9.45. The van der Waals surface area contributed by atoms with Gasteiger partial charge in [-0.1, -0.05) is 89.9 Å². The first-order chi connectivity index (χ1) is 21.6. The summed E-state index contributed by atoms with van der Waals surface area (Å²) in [5.74, 6) is 1.69. The molecule has 248 valence electrons. The molecule has 1 spiro atoms. The van der Waals surface area contributed by atoms with Gasteiger partial charge in [-0.25, -0.2) is 0 Å². The highest BCUT2D eigenvalue weighted by atomic mass is 16.5. The average Bonchev–Trinajstić information content (AvgIpc) is 3.41. The fraction of sp³-hybridized carbons (Fsp3) is 0.553. The number of nitrogens with one attached hydrogen (secondary N) is 1. The van der Waals surface area contributed by atoms with E-state index < -0.39 is 7.12 Å². The second-order valence-corrected chi connectivity index (χ2v) is 12.6. The van der Waals surface area contributed by atoms with Gasteiger partial charge >= 0.3 is 7.12 Å². The molecule has 2 heterocycles. The van der Waals surface area contributed by atoms with Crippen LogP contribution in [0.4, 0.5) is 0 Å². The first-order valence-corrected chi connectivity index (χ1v) is 17.0. The van der Waals surface area contributed by atoms with Crippen molar-refractivity contribution in [3.63, 3.8) is 0 Å². The third kappa shape index (κ3) is 10.4. The number of nitrogens with zero attached hydrogens (tertiary/aromatic N) is 1. The topological polar surface area (TPSA) is 82.0 Å². The zero-order valence-electron chi connectivity index (χ0n) is 29.5. The van der Waals surface area contributed by atoms with E-state index >= 15 is 0 Å². The minimum Gasteiger partial charge on any atom is -0.492 e. The molecule has 2 unspecified atom stereocenters. The predicted molar refractivity (Wildman–Crippen MR) is 191 cm³/mol. The van der Waals surface area contributed by atoms with Gasteiger partial charge in [-0.2, -0.15) is 0 Å². The molecule has 4 rings (SSSR count). The van der Waals surface area contributed by atoms with Crippen molar-refractivity contribution in [2.24, 2.45) is 11.8 Å². The van der Waals surface area contributed by atoms with E-state index in [4.69, 9.17) is 4.74 Å². The zero-order valence-corrected chi connectivity index (χ0v) is 29.5. The normalized spacial score (nSPS) is 17.4. The van der Waals surface area contributed by atoms with Crippen molar-refractivity contribution in [1.82, 2.24) is 10.2 Å². The summed E-state index contributed by atoms with van der Waals surface area (Å²) < 4.78 is 5.92. The number of ether oxygens (including phenoxy) is 1. The van der Waals surface area contributed by atoms with E-state index in [1.54, 1.807) is 12.1 Å². The van der Waals surface area contributed by atoms with Crippen LogP contribution in [0, 0.1) is 11.8 Å². The van der Waals surface area contributed by atoms with Gasteiger partial charge in [0, 0.05) is 17.5 Å². The lowest BCUT2D eigenvalue weighted by Gasteiger charge is -2.36. The lowest BCUT2D eigenvalue weighted by Crippen LogP contribution is -2.41. The van der Waals surface area contributed by atoms with Crippen molar-refractivity contribution in [3.05, 3.63) is 76.4 Å². The molecule has 3 N–H and O–H groups in total. The Labute approximate surface area is 274 Å². The Bertz CT molecular complexity index is 1260. The minimum absolute atomic E-state index is 0.188. The summed E-state index contributed by atoms with van der Waals surface area (Å²) in [7, 11) is 2.70. The van der Waals surface area contributed by atoms with Crippen molar-refractivity contribution in [2.45, 2.75) is 92.5 Å². The number of hydrogen-bond acceptors (Lipinski definition) is 6. The van der Waals surface area contributed by atoms with Crippen LogP contribution in [0.1, 0.15) is 97.3 Å². The highest BCUT2D eigenvalue weighted by molar-refractivity contribution is 6.58. The summed E-state index contributed by atoms with van der Waals surface area (Å²) in [6.45, 7) is 18.8. The standard InChI is InChI=1S/C21H31BO3.C15H22N2O.C2H6/c1-6-9-16(4)17(5)21(13-19(14-23)15(3)7-2)18-10-8-11-20(12-18)22(24)25;1-16-10-12-3-4-14-13(9-12)15(11-18-14)5-7-17(2)8-6-15;1-2/h8,10-16,24-25H,6-7,9H2,1-5H3;3-4,9,16H,5-8,10-11H2,1-2H3;1-2H3/b19-13-,21-17-;;. The van der Waals surface area contributed by atoms with Crippen LogP contribution < -0.4 is 15.5 Å². The Hall–Kier alpha value is -2.71. The minimum atomic E-state index is -1.50. The van der Waals surface area contributed by atoms with Crippen LogP contribution in [-0.2, 0) is 16.8 Å². The van der Waals surface area contributed by atoms with Crippen LogP contribution in [0.25, 0.3) is 5.57 Å². The lowest BCUT2D eigenvalue weighted by atomic mass is 9.74. The average molecular weight is 619 g/mol. The number of carbonyl (C=O) groups is 1. The fourth-order valence-corrected chi connectivity index (χ4v) is 6.09. The molecule has 0 radical (unpaired) electrons. The second kappa shape index (κ2) is 19.1. The molecule has 7 heteroatoms. The highest BCUT2D eigenvalue weighted by Crippen LogP contribution is 2.45. The van der Waals surface area contributed by atoms with Crippen molar-refractivity contribution in [1.29, 1.82) is 0 Å². The van der Waals surface area contributed by atoms with Gasteiger partial charge in [0.1, 0.15) is 12.0 Å². The number of rotatable bonds is 11. The highest BCUT2D eigenvalue weighted by Gasteiger charge is 2.42. The molecule has 0 saturated carbocycles. The maximum Gasteiger partial charge on any atom is 0.488 e. The van der Waals surface area contributed by atoms with Gasteiger partial charge in [0.25, 0.3) is 0 Å². The van der Waals surface area contributed by atoms with E-state index in [2.05, 4.69) is 70.1 Å². The van der Waals surface area contributed by atoms with Crippen LogP contribution in [0.3, 0.4) is 0 Å². The summed E-state index contributed by atoms with van der Waals surface area (Å²) in [6, 6.07) is 13.9. The molecular formula is C38H59BN2O4. The smallest absolute Gasteiger partial charge is 0.488 e. The maximum atomic E-state index is 11.6. The quantitative estimate of drug-likeness (QED) is 0.115. The SMILES string of the molecule is CC.CCCC(C)/C(C)=C(/C=C(/C=O)C(C)CC)c1cccc(B(O)O)c1.CNCc1ccc2c(c1)C1(CCN(C)CC1)CO2. The summed E-state index contributed by atoms with van der Waals surface area (Å²) >= 11 is 0. The van der Waals surface area contributed by atoms with E-state index in [0.717, 1.165) is 61.2 Å². The monoisotopic (exact) mass is 618 g/mol. The number of aldehydes is 1. The molecule has 0 amide bonds. The molecule has 6 nitrogen and oxygen atoms in total. The molecule has 2 aliphatic rings. The zero-order chi connectivity index (χ0) is 33.6. The van der Waals surface area contributed by atoms with Crippen LogP contribution >= 0.6 is 0 Å². The molecule has 2 aromatic carbocycles. The Balaban J connectivity index is 0.000000309. The Morgan fingerprint density at radius 2 is 1.78 bits per heavy atom. The Kier molecular flexibility index (Phi) is 16.3. The summed E-state index contributed by atoms with van der Waals surface area (Å²) in [5.41, 5.74) is 7.45. The van der Waals surface area contributed by atoms with E-state index in [1.807, 2.05) is 39.1 Å². The van der Waals surface area contributed by atoms with Gasteiger partial charge in [0.2, 0.25) is 0 Å². The molecule has 2 aromatic rings. The fourth-order valence-electron chi connectivity index (χ4n) is 6.09. The summed E-state index contributed by atoms with van der Waals surface area (Å²) in [4.78, 5) is 14.0. The van der Waals surface area contributed by atoms with Crippen LogP contribution in [0.15, 0.2) is 59.7 Å². The molecule has 1 saturated heterocycles. The van der Waals surface area contributed by atoms with Crippen LogP contribution in [0.5, 0.6) is 5.75 Å². The molecular weight excluding hydrogens is 559 g/mol. The van der Waals surface area contributed by atoms with E-state index in [9.17, 15) is 14.8 Å². The van der Waals surface area contributed by atoms with Crippen molar-refractivity contribution in [3.8, 4) is 5.75 Å². The molecule has 0 aliphatic carbocycles. The van der Waals surface area contributed by atoms with E-state index in [0.29, 0.717) is 11.4 Å².